The molecule has 116 valence electrons. The Balaban J connectivity index is 1.96. The van der Waals surface area contributed by atoms with Crippen LogP contribution in [0.1, 0.15) is 24.8 Å². The van der Waals surface area contributed by atoms with Crippen molar-refractivity contribution in [3.05, 3.63) is 28.8 Å². The van der Waals surface area contributed by atoms with Gasteiger partial charge in [0.2, 0.25) is 5.91 Å². The smallest absolute Gasteiger partial charge is 0.325 e. The number of rotatable bonds is 4. The number of anilines is 1. The molecule has 0 aromatic heterocycles. The van der Waals surface area contributed by atoms with E-state index in [0.717, 1.165) is 44.1 Å². The number of hydrogen-bond donors (Lipinski definition) is 2. The fourth-order valence-corrected chi connectivity index (χ4v) is 2.47. The third kappa shape index (κ3) is 4.61. The van der Waals surface area contributed by atoms with Crippen molar-refractivity contribution in [3.8, 4) is 0 Å². The molecule has 0 radical (unpaired) electrons. The van der Waals surface area contributed by atoms with Gasteiger partial charge in [-0.1, -0.05) is 11.6 Å². The standard InChI is InChI=1S/C14H16ClF3N2O/c15-11-3-2-10(14(16,17)18)7-12(11)20-13(21)4-1-9-5-6-19-8-9/h2-3,7,9,19H,1,4-6,8H2,(H,20,21). The van der Waals surface area contributed by atoms with Crippen molar-refractivity contribution in [1.82, 2.24) is 5.32 Å². The molecule has 0 aliphatic carbocycles. The van der Waals surface area contributed by atoms with E-state index >= 15 is 0 Å². The Morgan fingerprint density at radius 2 is 2.19 bits per heavy atom. The molecule has 0 saturated carbocycles. The Morgan fingerprint density at radius 1 is 1.43 bits per heavy atom. The molecule has 1 amide bonds. The Kier molecular flexibility index (Phi) is 5.11. The maximum atomic E-state index is 12.6. The number of halogens is 4. The molecular weight excluding hydrogens is 305 g/mol. The Labute approximate surface area is 125 Å². The average Bonchev–Trinajstić information content (AvgIpc) is 2.91. The molecule has 21 heavy (non-hydrogen) atoms. The zero-order valence-electron chi connectivity index (χ0n) is 11.3. The minimum absolute atomic E-state index is 0.000962. The quantitative estimate of drug-likeness (QED) is 0.888. The third-order valence-electron chi connectivity index (χ3n) is 3.51. The predicted molar refractivity (Wildman–Crippen MR) is 75.3 cm³/mol. The number of amides is 1. The van der Waals surface area contributed by atoms with Crippen LogP contribution in [-0.4, -0.2) is 19.0 Å². The molecule has 1 aliphatic rings. The average molecular weight is 321 g/mol. The van der Waals surface area contributed by atoms with Gasteiger partial charge < -0.3 is 10.6 Å². The fourth-order valence-electron chi connectivity index (χ4n) is 2.31. The second kappa shape index (κ2) is 6.66. The highest BCUT2D eigenvalue weighted by atomic mass is 35.5. The highest BCUT2D eigenvalue weighted by Crippen LogP contribution is 2.33. The molecular formula is C14H16ClF3N2O. The summed E-state index contributed by atoms with van der Waals surface area (Å²) in [4.78, 5) is 11.8. The van der Waals surface area contributed by atoms with Gasteiger partial charge in [0.05, 0.1) is 16.3 Å². The number of alkyl halides is 3. The van der Waals surface area contributed by atoms with Crippen molar-refractivity contribution in [2.45, 2.75) is 25.4 Å². The number of carbonyl (C=O) groups is 1. The van der Waals surface area contributed by atoms with E-state index in [9.17, 15) is 18.0 Å². The first kappa shape index (κ1) is 16.1. The molecule has 2 rings (SSSR count). The molecule has 1 aromatic carbocycles. The summed E-state index contributed by atoms with van der Waals surface area (Å²) in [5.74, 6) is 0.135. The van der Waals surface area contributed by atoms with Gasteiger partial charge in [-0.3, -0.25) is 4.79 Å². The van der Waals surface area contributed by atoms with Gasteiger partial charge in [0.15, 0.2) is 0 Å². The molecule has 1 fully saturated rings. The van der Waals surface area contributed by atoms with E-state index in [1.165, 1.54) is 0 Å². The van der Waals surface area contributed by atoms with Crippen LogP contribution >= 0.6 is 11.6 Å². The lowest BCUT2D eigenvalue weighted by atomic mass is 10.0. The van der Waals surface area contributed by atoms with Crippen LogP contribution in [0.15, 0.2) is 18.2 Å². The molecule has 2 N–H and O–H groups in total. The molecule has 1 atom stereocenters. The van der Waals surface area contributed by atoms with Crippen LogP contribution in [0.3, 0.4) is 0 Å². The van der Waals surface area contributed by atoms with E-state index in [2.05, 4.69) is 10.6 Å². The van der Waals surface area contributed by atoms with Crippen molar-refractivity contribution in [1.29, 1.82) is 0 Å². The second-order valence-electron chi connectivity index (χ2n) is 5.14. The number of nitrogens with one attached hydrogen (secondary N) is 2. The van der Waals surface area contributed by atoms with Gasteiger partial charge in [0.1, 0.15) is 0 Å². The van der Waals surface area contributed by atoms with E-state index in [1.54, 1.807) is 0 Å². The van der Waals surface area contributed by atoms with Crippen molar-refractivity contribution < 1.29 is 18.0 Å². The molecule has 7 heteroatoms. The summed E-state index contributed by atoms with van der Waals surface area (Å²) >= 11 is 5.83. The summed E-state index contributed by atoms with van der Waals surface area (Å²) in [5, 5.41) is 5.75. The molecule has 0 spiro atoms. The van der Waals surface area contributed by atoms with E-state index in [4.69, 9.17) is 11.6 Å². The molecule has 1 saturated heterocycles. The Morgan fingerprint density at radius 3 is 2.81 bits per heavy atom. The van der Waals surface area contributed by atoms with Crippen molar-refractivity contribution in [2.24, 2.45) is 5.92 Å². The number of carbonyl (C=O) groups excluding carboxylic acids is 1. The van der Waals surface area contributed by atoms with Crippen LogP contribution < -0.4 is 10.6 Å². The summed E-state index contributed by atoms with van der Waals surface area (Å²) in [6, 6.07) is 2.89. The van der Waals surface area contributed by atoms with Crippen LogP contribution in [0.2, 0.25) is 5.02 Å². The molecule has 3 nitrogen and oxygen atoms in total. The SMILES string of the molecule is O=C(CCC1CCNC1)Nc1cc(C(F)(F)F)ccc1Cl. The molecule has 1 heterocycles. The lowest BCUT2D eigenvalue weighted by molar-refractivity contribution is -0.137. The summed E-state index contributed by atoms with van der Waals surface area (Å²) in [7, 11) is 0. The summed E-state index contributed by atoms with van der Waals surface area (Å²) < 4.78 is 37.9. The zero-order chi connectivity index (χ0) is 15.5. The summed E-state index contributed by atoms with van der Waals surface area (Å²) in [5.41, 5.74) is -0.830. The lowest BCUT2D eigenvalue weighted by Gasteiger charge is -2.12. The van der Waals surface area contributed by atoms with Crippen molar-refractivity contribution in [2.75, 3.05) is 18.4 Å². The minimum Gasteiger partial charge on any atom is -0.325 e. The van der Waals surface area contributed by atoms with Gasteiger partial charge in [0, 0.05) is 6.42 Å². The van der Waals surface area contributed by atoms with Gasteiger partial charge in [-0.15, -0.1) is 0 Å². The Hall–Kier alpha value is -1.27. The van der Waals surface area contributed by atoms with Crippen LogP contribution in [0.25, 0.3) is 0 Å². The maximum Gasteiger partial charge on any atom is 0.416 e. The van der Waals surface area contributed by atoms with Crippen LogP contribution in [0.4, 0.5) is 18.9 Å². The highest BCUT2D eigenvalue weighted by molar-refractivity contribution is 6.33. The molecule has 1 aromatic rings. The van der Waals surface area contributed by atoms with Crippen LogP contribution in [-0.2, 0) is 11.0 Å². The molecule has 1 unspecified atom stereocenters. The van der Waals surface area contributed by atoms with Gasteiger partial charge in [-0.25, -0.2) is 0 Å². The monoisotopic (exact) mass is 320 g/mol. The maximum absolute atomic E-state index is 12.6. The van der Waals surface area contributed by atoms with E-state index in [-0.39, 0.29) is 23.0 Å². The Bertz CT molecular complexity index is 513. The largest absolute Gasteiger partial charge is 0.416 e. The predicted octanol–water partition coefficient (Wildman–Crippen LogP) is 3.69. The second-order valence-corrected chi connectivity index (χ2v) is 5.55. The van der Waals surface area contributed by atoms with Gasteiger partial charge >= 0.3 is 6.18 Å². The number of benzene rings is 1. The first-order valence-corrected chi connectivity index (χ1v) is 7.11. The minimum atomic E-state index is -4.46. The first-order valence-electron chi connectivity index (χ1n) is 6.73. The highest BCUT2D eigenvalue weighted by Gasteiger charge is 2.31. The van der Waals surface area contributed by atoms with Crippen LogP contribution in [0.5, 0.6) is 0 Å². The molecule has 0 bridgehead atoms. The van der Waals surface area contributed by atoms with Crippen molar-refractivity contribution >= 4 is 23.2 Å². The van der Waals surface area contributed by atoms with Gasteiger partial charge in [-0.05, 0) is 50.0 Å². The topological polar surface area (TPSA) is 41.1 Å². The number of hydrogen-bond acceptors (Lipinski definition) is 2. The van der Waals surface area contributed by atoms with E-state index in [1.807, 2.05) is 0 Å². The third-order valence-corrected chi connectivity index (χ3v) is 3.84. The first-order chi connectivity index (χ1) is 9.86. The normalized spacial score (nSPS) is 18.8. The summed E-state index contributed by atoms with van der Waals surface area (Å²) in [6.45, 7) is 1.84. The molecule has 1 aliphatic heterocycles. The van der Waals surface area contributed by atoms with Crippen LogP contribution in [0, 0.1) is 5.92 Å². The fraction of sp³-hybridized carbons (Fsp3) is 0.500. The summed E-state index contributed by atoms with van der Waals surface area (Å²) in [6.07, 6.45) is -2.44. The van der Waals surface area contributed by atoms with E-state index < -0.39 is 11.7 Å². The van der Waals surface area contributed by atoms with Gasteiger partial charge in [-0.2, -0.15) is 13.2 Å². The lowest BCUT2D eigenvalue weighted by Crippen LogP contribution is -2.16. The van der Waals surface area contributed by atoms with Gasteiger partial charge in [0.25, 0.3) is 0 Å². The van der Waals surface area contributed by atoms with Crippen molar-refractivity contribution in [3.63, 3.8) is 0 Å². The van der Waals surface area contributed by atoms with E-state index in [0.29, 0.717) is 5.92 Å². The zero-order valence-corrected chi connectivity index (χ0v) is 12.0.